The van der Waals surface area contributed by atoms with Crippen molar-refractivity contribution in [3.8, 4) is 0 Å². The molecule has 4 nitrogen and oxygen atoms in total. The van der Waals surface area contributed by atoms with Crippen molar-refractivity contribution in [1.82, 2.24) is 14.9 Å². The smallest absolute Gasteiger partial charge is 0.245 e. The Morgan fingerprint density at radius 1 is 1.44 bits per heavy atom. The molecule has 0 spiro atoms. The highest BCUT2D eigenvalue weighted by Gasteiger charge is 2.21. The predicted octanol–water partition coefficient (Wildman–Crippen LogP) is 2.35. The quantitative estimate of drug-likeness (QED) is 0.861. The molecule has 1 unspecified atom stereocenters. The van der Waals surface area contributed by atoms with Crippen molar-refractivity contribution >= 4 is 17.5 Å². The number of nitrogens with one attached hydrogen (secondary N) is 1. The van der Waals surface area contributed by atoms with Crippen LogP contribution in [0.25, 0.3) is 0 Å². The lowest BCUT2D eigenvalue weighted by atomic mass is 10.1. The number of carbonyl (C=O) groups excluding carboxylic acids is 1. The lowest BCUT2D eigenvalue weighted by molar-refractivity contribution is -0.130. The molecule has 1 heterocycles. The number of hydrogen-bond donors (Lipinski definition) is 1. The van der Waals surface area contributed by atoms with E-state index in [1.807, 2.05) is 30.3 Å². The minimum atomic E-state index is -0.661. The molecule has 0 fully saturated rings. The summed E-state index contributed by atoms with van der Waals surface area (Å²) in [4.78, 5) is 20.7. The maximum Gasteiger partial charge on any atom is 0.245 e. The third kappa shape index (κ3) is 2.90. The van der Waals surface area contributed by atoms with Crippen LogP contribution < -0.4 is 0 Å². The summed E-state index contributed by atoms with van der Waals surface area (Å²) in [7, 11) is 1.71. The van der Waals surface area contributed by atoms with E-state index in [2.05, 4.69) is 9.97 Å². The Balaban J connectivity index is 2.02. The largest absolute Gasteiger partial charge is 0.347 e. The van der Waals surface area contributed by atoms with Crippen LogP contribution >= 0.6 is 11.6 Å². The second kappa shape index (κ2) is 5.69. The van der Waals surface area contributed by atoms with Gasteiger partial charge in [0.05, 0.1) is 6.54 Å². The molecule has 0 aliphatic rings. The zero-order chi connectivity index (χ0) is 13.0. The Morgan fingerprint density at radius 2 is 2.17 bits per heavy atom. The molecule has 0 bridgehead atoms. The zero-order valence-corrected chi connectivity index (χ0v) is 10.8. The molecule has 0 aliphatic heterocycles. The fourth-order valence-corrected chi connectivity index (χ4v) is 1.96. The number of halogens is 1. The molecule has 0 aliphatic carbocycles. The van der Waals surface area contributed by atoms with Crippen LogP contribution in [0.15, 0.2) is 42.7 Å². The van der Waals surface area contributed by atoms with Gasteiger partial charge in [0.15, 0.2) is 0 Å². The number of benzene rings is 1. The van der Waals surface area contributed by atoms with E-state index in [0.29, 0.717) is 6.54 Å². The average molecular weight is 264 g/mol. The number of alkyl halides is 1. The topological polar surface area (TPSA) is 49.0 Å². The molecule has 1 aromatic carbocycles. The van der Waals surface area contributed by atoms with Gasteiger partial charge in [-0.1, -0.05) is 30.3 Å². The van der Waals surface area contributed by atoms with Crippen LogP contribution in [0.3, 0.4) is 0 Å². The fraction of sp³-hybridized carbons (Fsp3) is 0.231. The molecule has 0 saturated heterocycles. The highest BCUT2D eigenvalue weighted by Crippen LogP contribution is 2.22. The number of rotatable bonds is 4. The first-order valence-corrected chi connectivity index (χ1v) is 6.04. The van der Waals surface area contributed by atoms with E-state index in [4.69, 9.17) is 11.6 Å². The van der Waals surface area contributed by atoms with Crippen molar-refractivity contribution in [3.05, 3.63) is 54.1 Å². The Bertz CT molecular complexity index is 498. The fourth-order valence-electron chi connectivity index (χ4n) is 1.65. The second-order valence-electron chi connectivity index (χ2n) is 4.00. The van der Waals surface area contributed by atoms with E-state index in [1.54, 1.807) is 24.3 Å². The molecule has 1 N–H and O–H groups in total. The van der Waals surface area contributed by atoms with Gasteiger partial charge in [-0.25, -0.2) is 4.98 Å². The van der Waals surface area contributed by atoms with Gasteiger partial charge in [0.1, 0.15) is 11.2 Å². The minimum absolute atomic E-state index is 0.140. The summed E-state index contributed by atoms with van der Waals surface area (Å²) in [5.74, 6) is 0.599. The van der Waals surface area contributed by atoms with E-state index < -0.39 is 5.38 Å². The number of carbonyl (C=O) groups is 1. The normalized spacial score (nSPS) is 12.1. The Morgan fingerprint density at radius 3 is 2.78 bits per heavy atom. The summed E-state index contributed by atoms with van der Waals surface area (Å²) >= 11 is 6.17. The maximum absolute atomic E-state index is 12.1. The Labute approximate surface area is 111 Å². The molecule has 1 atom stereocenters. The molecule has 2 aromatic rings. The first-order valence-electron chi connectivity index (χ1n) is 5.60. The third-order valence-corrected chi connectivity index (χ3v) is 3.07. The van der Waals surface area contributed by atoms with Gasteiger partial charge in [-0.3, -0.25) is 4.79 Å². The Kier molecular flexibility index (Phi) is 3.99. The SMILES string of the molecule is CN(Cc1ncc[nH]1)C(=O)C(Cl)c1ccccc1. The van der Waals surface area contributed by atoms with E-state index in [1.165, 1.54) is 0 Å². The van der Waals surface area contributed by atoms with Gasteiger partial charge in [-0.05, 0) is 5.56 Å². The molecule has 2 rings (SSSR count). The van der Waals surface area contributed by atoms with Crippen LogP contribution in [0.2, 0.25) is 0 Å². The first-order chi connectivity index (χ1) is 8.68. The number of aromatic amines is 1. The van der Waals surface area contributed by atoms with Gasteiger partial charge in [-0.15, -0.1) is 11.6 Å². The maximum atomic E-state index is 12.1. The van der Waals surface area contributed by atoms with Crippen molar-refractivity contribution < 1.29 is 4.79 Å². The number of hydrogen-bond acceptors (Lipinski definition) is 2. The van der Waals surface area contributed by atoms with Gasteiger partial charge >= 0.3 is 0 Å². The minimum Gasteiger partial charge on any atom is -0.347 e. The van der Waals surface area contributed by atoms with Gasteiger partial charge in [0.2, 0.25) is 5.91 Å². The molecular formula is C13H14ClN3O. The Hall–Kier alpha value is -1.81. The summed E-state index contributed by atoms with van der Waals surface area (Å²) in [6.07, 6.45) is 3.38. The van der Waals surface area contributed by atoms with Gasteiger partial charge in [0, 0.05) is 19.4 Å². The standard InChI is InChI=1S/C13H14ClN3O/c1-17(9-11-15-7-8-16-11)13(18)12(14)10-5-3-2-4-6-10/h2-8,12H,9H2,1H3,(H,15,16). The summed E-state index contributed by atoms with van der Waals surface area (Å²) in [6.45, 7) is 0.419. The van der Waals surface area contributed by atoms with Crippen LogP contribution in [-0.4, -0.2) is 27.8 Å². The van der Waals surface area contributed by atoms with Crippen LogP contribution in [0.1, 0.15) is 16.8 Å². The van der Waals surface area contributed by atoms with Crippen molar-refractivity contribution in [2.45, 2.75) is 11.9 Å². The molecule has 0 radical (unpaired) electrons. The number of likely N-dealkylation sites (N-methyl/N-ethyl adjacent to an activating group) is 1. The zero-order valence-electron chi connectivity index (χ0n) is 10.0. The van der Waals surface area contributed by atoms with E-state index in [-0.39, 0.29) is 5.91 Å². The number of imidazole rings is 1. The van der Waals surface area contributed by atoms with Gasteiger partial charge in [-0.2, -0.15) is 0 Å². The summed E-state index contributed by atoms with van der Waals surface area (Å²) in [6, 6.07) is 9.31. The number of nitrogens with zero attached hydrogens (tertiary/aromatic N) is 2. The van der Waals surface area contributed by atoms with Crippen LogP contribution in [0.5, 0.6) is 0 Å². The molecule has 94 valence electrons. The van der Waals surface area contributed by atoms with E-state index >= 15 is 0 Å². The molecule has 1 amide bonds. The predicted molar refractivity (Wildman–Crippen MR) is 70.1 cm³/mol. The first kappa shape index (κ1) is 12.6. The highest BCUT2D eigenvalue weighted by atomic mass is 35.5. The third-order valence-electron chi connectivity index (χ3n) is 2.63. The average Bonchev–Trinajstić information content (AvgIpc) is 2.91. The van der Waals surface area contributed by atoms with Crippen molar-refractivity contribution in [3.63, 3.8) is 0 Å². The lowest BCUT2D eigenvalue weighted by Gasteiger charge is -2.19. The van der Waals surface area contributed by atoms with Crippen molar-refractivity contribution in [2.24, 2.45) is 0 Å². The molecular weight excluding hydrogens is 250 g/mol. The number of amides is 1. The van der Waals surface area contributed by atoms with Crippen LogP contribution in [-0.2, 0) is 11.3 Å². The van der Waals surface area contributed by atoms with Gasteiger partial charge < -0.3 is 9.88 Å². The summed E-state index contributed by atoms with van der Waals surface area (Å²) in [5, 5.41) is -0.661. The van der Waals surface area contributed by atoms with Gasteiger partial charge in [0.25, 0.3) is 0 Å². The monoisotopic (exact) mass is 263 g/mol. The van der Waals surface area contributed by atoms with Crippen molar-refractivity contribution in [2.75, 3.05) is 7.05 Å². The second-order valence-corrected chi connectivity index (χ2v) is 4.44. The van der Waals surface area contributed by atoms with Crippen molar-refractivity contribution in [1.29, 1.82) is 0 Å². The van der Waals surface area contributed by atoms with Crippen LogP contribution in [0, 0.1) is 0 Å². The molecule has 18 heavy (non-hydrogen) atoms. The molecule has 0 saturated carbocycles. The molecule has 5 heteroatoms. The number of H-pyrrole nitrogens is 1. The lowest BCUT2D eigenvalue weighted by Crippen LogP contribution is -2.29. The van der Waals surface area contributed by atoms with Crippen LogP contribution in [0.4, 0.5) is 0 Å². The summed E-state index contributed by atoms with van der Waals surface area (Å²) < 4.78 is 0. The summed E-state index contributed by atoms with van der Waals surface area (Å²) in [5.41, 5.74) is 0.801. The van der Waals surface area contributed by atoms with E-state index in [0.717, 1.165) is 11.4 Å². The highest BCUT2D eigenvalue weighted by molar-refractivity contribution is 6.30. The number of aromatic nitrogens is 2. The van der Waals surface area contributed by atoms with E-state index in [9.17, 15) is 4.79 Å². The molecule has 1 aromatic heterocycles.